The zero-order valence-corrected chi connectivity index (χ0v) is 15.6. The summed E-state index contributed by atoms with van der Waals surface area (Å²) in [6, 6.07) is 13.4. The zero-order valence-electron chi connectivity index (χ0n) is 15.6. The summed E-state index contributed by atoms with van der Waals surface area (Å²) in [5.74, 6) is 2.37. The Kier molecular flexibility index (Phi) is 4.11. The van der Waals surface area contributed by atoms with Gasteiger partial charge in [0.2, 0.25) is 0 Å². The monoisotopic (exact) mass is 379 g/mol. The lowest BCUT2D eigenvalue weighted by Crippen LogP contribution is -2.30. The Morgan fingerprint density at radius 3 is 2.82 bits per heavy atom. The summed E-state index contributed by atoms with van der Waals surface area (Å²) in [7, 11) is 1.59. The number of carbonyl (C=O) groups is 1. The molecular formula is C22H21NO5. The molecule has 2 aliphatic heterocycles. The molecule has 0 bridgehead atoms. The van der Waals surface area contributed by atoms with E-state index in [2.05, 4.69) is 0 Å². The van der Waals surface area contributed by atoms with Crippen molar-refractivity contribution in [2.45, 2.75) is 18.9 Å². The van der Waals surface area contributed by atoms with Crippen molar-refractivity contribution in [3.05, 3.63) is 53.8 Å². The third-order valence-electron chi connectivity index (χ3n) is 5.40. The number of likely N-dealkylation sites (tertiary alicyclic amines) is 1. The van der Waals surface area contributed by atoms with E-state index in [0.29, 0.717) is 36.9 Å². The summed E-state index contributed by atoms with van der Waals surface area (Å²) in [4.78, 5) is 15.1. The summed E-state index contributed by atoms with van der Waals surface area (Å²) in [6.45, 7) is 1.81. The van der Waals surface area contributed by atoms with Gasteiger partial charge < -0.3 is 23.5 Å². The summed E-state index contributed by atoms with van der Waals surface area (Å²) in [5.41, 5.74) is 1.66. The van der Waals surface area contributed by atoms with Gasteiger partial charge in [-0.3, -0.25) is 4.79 Å². The number of rotatable bonds is 3. The molecule has 0 spiro atoms. The van der Waals surface area contributed by atoms with Crippen molar-refractivity contribution in [1.82, 2.24) is 4.90 Å². The fourth-order valence-corrected chi connectivity index (χ4v) is 4.07. The average Bonchev–Trinajstić information content (AvgIpc) is 3.40. The van der Waals surface area contributed by atoms with Gasteiger partial charge in [0, 0.05) is 11.9 Å². The highest BCUT2D eigenvalue weighted by atomic mass is 16.6. The Hall–Kier alpha value is -3.15. The van der Waals surface area contributed by atoms with Gasteiger partial charge in [-0.1, -0.05) is 18.2 Å². The van der Waals surface area contributed by atoms with Crippen LogP contribution in [0.15, 0.2) is 46.9 Å². The Balaban J connectivity index is 1.46. The van der Waals surface area contributed by atoms with Gasteiger partial charge in [-0.25, -0.2) is 0 Å². The smallest absolute Gasteiger partial charge is 0.290 e. The molecule has 0 saturated carbocycles. The standard InChI is InChI=1S/C22H21NO5/c1-25-18-6-2-4-15-13-20(28-21(15)18)22(24)23-9-3-5-16(23)14-7-8-17-19(12-14)27-11-10-26-17/h2,4,6-8,12-13,16H,3,5,9-11H2,1H3. The second kappa shape index (κ2) is 6.78. The number of benzene rings is 2. The van der Waals surface area contributed by atoms with Gasteiger partial charge in [-0.2, -0.15) is 0 Å². The van der Waals surface area contributed by atoms with Crippen LogP contribution in [0, 0.1) is 0 Å². The molecule has 1 aromatic heterocycles. The van der Waals surface area contributed by atoms with Crippen molar-refractivity contribution >= 4 is 16.9 Å². The van der Waals surface area contributed by atoms with E-state index in [1.807, 2.05) is 41.3 Å². The second-order valence-electron chi connectivity index (χ2n) is 7.05. The van der Waals surface area contributed by atoms with E-state index in [4.69, 9.17) is 18.6 Å². The first kappa shape index (κ1) is 17.0. The van der Waals surface area contributed by atoms with Crippen LogP contribution in [0.2, 0.25) is 0 Å². The molecule has 28 heavy (non-hydrogen) atoms. The molecule has 6 nitrogen and oxygen atoms in total. The van der Waals surface area contributed by atoms with Gasteiger partial charge >= 0.3 is 0 Å². The van der Waals surface area contributed by atoms with Crippen molar-refractivity contribution in [3.63, 3.8) is 0 Å². The van der Waals surface area contributed by atoms with E-state index < -0.39 is 0 Å². The minimum atomic E-state index is -0.101. The lowest BCUT2D eigenvalue weighted by Gasteiger charge is -2.26. The van der Waals surface area contributed by atoms with Crippen LogP contribution >= 0.6 is 0 Å². The van der Waals surface area contributed by atoms with Crippen LogP contribution in [-0.4, -0.2) is 37.7 Å². The molecule has 2 aromatic carbocycles. The molecular weight excluding hydrogens is 358 g/mol. The lowest BCUT2D eigenvalue weighted by atomic mass is 10.0. The van der Waals surface area contributed by atoms with Crippen LogP contribution in [0.3, 0.4) is 0 Å². The Morgan fingerprint density at radius 2 is 1.96 bits per heavy atom. The molecule has 1 amide bonds. The number of fused-ring (bicyclic) bond motifs is 2. The quantitative estimate of drug-likeness (QED) is 0.683. The predicted octanol–water partition coefficient (Wildman–Crippen LogP) is 4.19. The van der Waals surface area contributed by atoms with E-state index in [0.717, 1.165) is 35.3 Å². The van der Waals surface area contributed by atoms with E-state index in [1.54, 1.807) is 13.2 Å². The molecule has 3 aromatic rings. The van der Waals surface area contributed by atoms with Gasteiger partial charge in [0.05, 0.1) is 13.2 Å². The third kappa shape index (κ3) is 2.76. The number of para-hydroxylation sites is 1. The van der Waals surface area contributed by atoms with Crippen LogP contribution in [0.4, 0.5) is 0 Å². The van der Waals surface area contributed by atoms with Crippen LogP contribution < -0.4 is 14.2 Å². The zero-order chi connectivity index (χ0) is 19.1. The first-order valence-corrected chi connectivity index (χ1v) is 9.51. The Morgan fingerprint density at radius 1 is 1.11 bits per heavy atom. The third-order valence-corrected chi connectivity index (χ3v) is 5.40. The minimum absolute atomic E-state index is 0.00145. The van der Waals surface area contributed by atoms with E-state index in [-0.39, 0.29) is 11.9 Å². The van der Waals surface area contributed by atoms with Gasteiger partial charge in [0.25, 0.3) is 5.91 Å². The van der Waals surface area contributed by atoms with E-state index in [1.165, 1.54) is 0 Å². The van der Waals surface area contributed by atoms with Crippen molar-refractivity contribution in [2.24, 2.45) is 0 Å². The predicted molar refractivity (Wildman–Crippen MR) is 103 cm³/mol. The topological polar surface area (TPSA) is 61.1 Å². The second-order valence-corrected chi connectivity index (χ2v) is 7.05. The van der Waals surface area contributed by atoms with E-state index >= 15 is 0 Å². The molecule has 2 aliphatic rings. The van der Waals surface area contributed by atoms with Crippen LogP contribution in [0.5, 0.6) is 17.2 Å². The van der Waals surface area contributed by atoms with Crippen molar-refractivity contribution in [3.8, 4) is 17.2 Å². The summed E-state index contributed by atoms with van der Waals surface area (Å²) in [6.07, 6.45) is 1.86. The number of amides is 1. The molecule has 0 aliphatic carbocycles. The summed E-state index contributed by atoms with van der Waals surface area (Å²) >= 11 is 0. The van der Waals surface area contributed by atoms with Gasteiger partial charge in [0.15, 0.2) is 28.6 Å². The Bertz CT molecular complexity index is 1040. The highest BCUT2D eigenvalue weighted by molar-refractivity contribution is 5.97. The number of hydrogen-bond acceptors (Lipinski definition) is 5. The molecule has 5 rings (SSSR count). The minimum Gasteiger partial charge on any atom is -0.493 e. The maximum Gasteiger partial charge on any atom is 0.290 e. The van der Waals surface area contributed by atoms with E-state index in [9.17, 15) is 4.79 Å². The number of methoxy groups -OCH3 is 1. The number of furan rings is 1. The first-order chi connectivity index (χ1) is 13.7. The fourth-order valence-electron chi connectivity index (χ4n) is 4.07. The lowest BCUT2D eigenvalue weighted by molar-refractivity contribution is 0.0705. The van der Waals surface area contributed by atoms with Crippen LogP contribution in [0.25, 0.3) is 11.0 Å². The summed E-state index contributed by atoms with van der Waals surface area (Å²) in [5, 5.41) is 0.859. The van der Waals surface area contributed by atoms with Crippen LogP contribution in [0.1, 0.15) is 35.0 Å². The molecule has 1 saturated heterocycles. The number of carbonyl (C=O) groups excluding carboxylic acids is 1. The molecule has 0 radical (unpaired) electrons. The van der Waals surface area contributed by atoms with Gasteiger partial charge in [-0.05, 0) is 42.7 Å². The molecule has 6 heteroatoms. The molecule has 3 heterocycles. The molecule has 1 atom stereocenters. The number of nitrogens with zero attached hydrogens (tertiary/aromatic N) is 1. The summed E-state index contributed by atoms with van der Waals surface area (Å²) < 4.78 is 22.5. The van der Waals surface area contributed by atoms with Gasteiger partial charge in [-0.15, -0.1) is 0 Å². The molecule has 1 unspecified atom stereocenters. The SMILES string of the molecule is COc1cccc2cc(C(=O)N3CCCC3c3ccc4c(c3)OCCO4)oc12. The van der Waals surface area contributed by atoms with Gasteiger partial charge in [0.1, 0.15) is 13.2 Å². The molecule has 1 fully saturated rings. The van der Waals surface area contributed by atoms with Crippen molar-refractivity contribution in [1.29, 1.82) is 0 Å². The van der Waals surface area contributed by atoms with Crippen molar-refractivity contribution in [2.75, 3.05) is 26.9 Å². The molecule has 0 N–H and O–H groups in total. The first-order valence-electron chi connectivity index (χ1n) is 9.51. The number of hydrogen-bond donors (Lipinski definition) is 0. The normalized spacial score (nSPS) is 18.5. The molecule has 144 valence electrons. The Labute approximate surface area is 162 Å². The number of ether oxygens (including phenoxy) is 3. The highest BCUT2D eigenvalue weighted by Gasteiger charge is 2.33. The maximum atomic E-state index is 13.2. The largest absolute Gasteiger partial charge is 0.493 e. The highest BCUT2D eigenvalue weighted by Crippen LogP contribution is 2.39. The average molecular weight is 379 g/mol. The fraction of sp³-hybridized carbons (Fsp3) is 0.318. The maximum absolute atomic E-state index is 13.2. The van der Waals surface area contributed by atoms with Crippen molar-refractivity contribution < 1.29 is 23.4 Å². The van der Waals surface area contributed by atoms with Crippen LogP contribution in [-0.2, 0) is 0 Å².